The molecule has 17 heavy (non-hydrogen) atoms. The number of carbonyl (C=O) groups is 1. The molecule has 0 aliphatic heterocycles. The Balaban J connectivity index is 2.96. The van der Waals surface area contributed by atoms with Crippen LogP contribution in [0.4, 0.5) is 0 Å². The van der Waals surface area contributed by atoms with Crippen LogP contribution < -0.4 is 0 Å². The summed E-state index contributed by atoms with van der Waals surface area (Å²) in [4.78, 5) is 11.5. The van der Waals surface area contributed by atoms with Crippen LogP contribution in [0.15, 0.2) is 23.1 Å². The Morgan fingerprint density at radius 3 is 2.76 bits per heavy atom. The van der Waals surface area contributed by atoms with Crippen LogP contribution in [0.3, 0.4) is 0 Å². The number of carboxylic acids is 1. The third-order valence-corrected chi connectivity index (χ3v) is 3.49. The zero-order valence-electron chi connectivity index (χ0n) is 9.52. The molecule has 1 aromatic carbocycles. The van der Waals surface area contributed by atoms with Crippen molar-refractivity contribution in [3.63, 3.8) is 0 Å². The highest BCUT2D eigenvalue weighted by atomic mass is 35.5. The molecule has 0 spiro atoms. The number of aliphatic carboxylic acids is 1. The van der Waals surface area contributed by atoms with Gasteiger partial charge in [-0.2, -0.15) is 0 Å². The number of halogens is 1. The Labute approximate surface area is 110 Å². The van der Waals surface area contributed by atoms with Crippen LogP contribution in [-0.2, 0) is 11.2 Å². The maximum Gasteiger partial charge on any atom is 0.337 e. The zero-order valence-corrected chi connectivity index (χ0v) is 11.1. The van der Waals surface area contributed by atoms with Crippen LogP contribution in [0.1, 0.15) is 23.7 Å². The first-order chi connectivity index (χ1) is 8.10. The summed E-state index contributed by atoms with van der Waals surface area (Å²) in [5.41, 5.74) is 1.55. The topological polar surface area (TPSA) is 57.5 Å². The average Bonchev–Trinajstić information content (AvgIpc) is 2.34. The predicted molar refractivity (Wildman–Crippen MR) is 69.9 cm³/mol. The molecule has 0 aliphatic rings. The maximum atomic E-state index is 10.7. The molecule has 2 N–H and O–H groups in total. The summed E-state index contributed by atoms with van der Waals surface area (Å²) < 4.78 is 0. The van der Waals surface area contributed by atoms with Crippen molar-refractivity contribution in [1.82, 2.24) is 0 Å². The lowest BCUT2D eigenvalue weighted by Crippen LogP contribution is -2.11. The second kappa shape index (κ2) is 6.89. The Morgan fingerprint density at radius 1 is 1.53 bits per heavy atom. The van der Waals surface area contributed by atoms with Gasteiger partial charge in [0.25, 0.3) is 0 Å². The van der Waals surface area contributed by atoms with Gasteiger partial charge >= 0.3 is 5.97 Å². The summed E-state index contributed by atoms with van der Waals surface area (Å²) in [7, 11) is 0. The van der Waals surface area contributed by atoms with Crippen molar-refractivity contribution in [3.05, 3.63) is 29.3 Å². The molecule has 0 amide bonds. The van der Waals surface area contributed by atoms with E-state index in [0.29, 0.717) is 11.4 Å². The van der Waals surface area contributed by atoms with Crippen molar-refractivity contribution < 1.29 is 15.0 Å². The van der Waals surface area contributed by atoms with Crippen molar-refractivity contribution in [3.8, 4) is 0 Å². The van der Waals surface area contributed by atoms with Gasteiger partial charge in [-0.1, -0.05) is 12.1 Å². The summed E-state index contributed by atoms with van der Waals surface area (Å²) in [5.74, 6) is -0.623. The number of alkyl halides is 1. The lowest BCUT2D eigenvalue weighted by molar-refractivity contribution is -0.147. The molecule has 0 fully saturated rings. The highest BCUT2D eigenvalue weighted by molar-refractivity contribution is 7.98. The number of hydrogen-bond acceptors (Lipinski definition) is 3. The molecule has 0 saturated carbocycles. The molecule has 3 nitrogen and oxygen atoms in total. The van der Waals surface area contributed by atoms with Crippen LogP contribution in [0.5, 0.6) is 0 Å². The van der Waals surface area contributed by atoms with Gasteiger partial charge in [-0.15, -0.1) is 23.4 Å². The molecule has 0 aromatic heterocycles. The normalized spacial score (nSPS) is 12.4. The third kappa shape index (κ3) is 3.91. The van der Waals surface area contributed by atoms with Crippen LogP contribution >= 0.6 is 23.4 Å². The second-order valence-electron chi connectivity index (χ2n) is 3.61. The lowest BCUT2D eigenvalue weighted by atomic mass is 10.0. The van der Waals surface area contributed by atoms with E-state index in [1.807, 2.05) is 18.4 Å². The van der Waals surface area contributed by atoms with E-state index in [1.54, 1.807) is 6.07 Å². The standard InChI is InChI=1S/C12H15ClO3S/c1-17-10-7-8(3-2-6-13)4-5-9(10)11(14)12(15)16/h4-5,7,11,14H,2-3,6H2,1H3,(H,15,16). The van der Waals surface area contributed by atoms with Crippen molar-refractivity contribution in [2.75, 3.05) is 12.1 Å². The molecule has 0 bridgehead atoms. The highest BCUT2D eigenvalue weighted by Gasteiger charge is 2.19. The summed E-state index contributed by atoms with van der Waals surface area (Å²) in [6.45, 7) is 0. The summed E-state index contributed by atoms with van der Waals surface area (Å²) in [6.07, 6.45) is 2.15. The van der Waals surface area contributed by atoms with Gasteiger partial charge in [-0.3, -0.25) is 0 Å². The number of aliphatic hydroxyl groups excluding tert-OH is 1. The molecule has 1 aromatic rings. The first-order valence-electron chi connectivity index (χ1n) is 5.23. The minimum absolute atomic E-state index is 0.444. The van der Waals surface area contributed by atoms with Gasteiger partial charge < -0.3 is 10.2 Å². The van der Waals surface area contributed by atoms with Crippen molar-refractivity contribution in [1.29, 1.82) is 0 Å². The quantitative estimate of drug-likeness (QED) is 0.619. The van der Waals surface area contributed by atoms with Gasteiger partial charge in [0.2, 0.25) is 0 Å². The molecule has 1 rings (SSSR count). The minimum atomic E-state index is -1.46. The molecule has 0 aliphatic carbocycles. The van der Waals surface area contributed by atoms with E-state index < -0.39 is 12.1 Å². The van der Waals surface area contributed by atoms with E-state index >= 15 is 0 Å². The molecule has 0 heterocycles. The lowest BCUT2D eigenvalue weighted by Gasteiger charge is -2.12. The van der Waals surface area contributed by atoms with Gasteiger partial charge in [-0.25, -0.2) is 4.79 Å². The second-order valence-corrected chi connectivity index (χ2v) is 4.84. The van der Waals surface area contributed by atoms with E-state index in [9.17, 15) is 9.90 Å². The molecule has 1 unspecified atom stereocenters. The number of thioether (sulfide) groups is 1. The SMILES string of the molecule is CSc1cc(CCCCl)ccc1C(O)C(=O)O. The van der Waals surface area contributed by atoms with E-state index in [-0.39, 0.29) is 0 Å². The highest BCUT2D eigenvalue weighted by Crippen LogP contribution is 2.27. The monoisotopic (exact) mass is 274 g/mol. The summed E-state index contributed by atoms with van der Waals surface area (Å²) >= 11 is 7.06. The Hall–Kier alpha value is -0.710. The number of benzene rings is 1. The van der Waals surface area contributed by atoms with Gasteiger partial charge in [0.1, 0.15) is 0 Å². The Kier molecular flexibility index (Phi) is 5.82. The van der Waals surface area contributed by atoms with E-state index in [2.05, 4.69) is 0 Å². The van der Waals surface area contributed by atoms with Crippen molar-refractivity contribution in [2.45, 2.75) is 23.8 Å². The first-order valence-corrected chi connectivity index (χ1v) is 6.99. The molecular formula is C12H15ClO3S. The summed E-state index contributed by atoms with van der Waals surface area (Å²) in [6, 6.07) is 5.43. The number of aryl methyl sites for hydroxylation is 1. The fourth-order valence-electron chi connectivity index (χ4n) is 1.54. The zero-order chi connectivity index (χ0) is 12.8. The maximum absolute atomic E-state index is 10.7. The minimum Gasteiger partial charge on any atom is -0.479 e. The Bertz CT molecular complexity index is 395. The fraction of sp³-hybridized carbons (Fsp3) is 0.417. The third-order valence-electron chi connectivity index (χ3n) is 2.43. The molecule has 94 valence electrons. The molecule has 5 heteroatoms. The van der Waals surface area contributed by atoms with Crippen LogP contribution in [0.25, 0.3) is 0 Å². The predicted octanol–water partition coefficient (Wildman–Crippen LogP) is 2.70. The van der Waals surface area contributed by atoms with E-state index in [0.717, 1.165) is 23.3 Å². The van der Waals surface area contributed by atoms with Gasteiger partial charge in [0, 0.05) is 16.3 Å². The van der Waals surface area contributed by atoms with Gasteiger partial charge in [0.05, 0.1) is 0 Å². The van der Waals surface area contributed by atoms with Crippen LogP contribution in [-0.4, -0.2) is 28.3 Å². The van der Waals surface area contributed by atoms with Crippen LogP contribution in [0, 0.1) is 0 Å². The van der Waals surface area contributed by atoms with Crippen molar-refractivity contribution >= 4 is 29.3 Å². The number of aliphatic hydroxyl groups is 1. The number of hydrogen-bond donors (Lipinski definition) is 2. The van der Waals surface area contributed by atoms with Crippen LogP contribution in [0.2, 0.25) is 0 Å². The molecule has 0 radical (unpaired) electrons. The van der Waals surface area contributed by atoms with E-state index in [1.165, 1.54) is 11.8 Å². The number of carboxylic acid groups (broad SMARTS) is 1. The van der Waals surface area contributed by atoms with Gasteiger partial charge in [0.15, 0.2) is 6.10 Å². The molecular weight excluding hydrogens is 260 g/mol. The van der Waals surface area contributed by atoms with Gasteiger partial charge in [-0.05, 0) is 30.7 Å². The fourth-order valence-corrected chi connectivity index (χ4v) is 2.36. The average molecular weight is 275 g/mol. The largest absolute Gasteiger partial charge is 0.479 e. The van der Waals surface area contributed by atoms with E-state index in [4.69, 9.17) is 16.7 Å². The molecule has 0 saturated heterocycles. The van der Waals surface area contributed by atoms with Crippen molar-refractivity contribution in [2.24, 2.45) is 0 Å². The first kappa shape index (κ1) is 14.4. The summed E-state index contributed by atoms with van der Waals surface area (Å²) in [5, 5.41) is 18.3. The Morgan fingerprint density at radius 2 is 2.24 bits per heavy atom. The molecule has 1 atom stereocenters. The number of rotatable bonds is 6. The smallest absolute Gasteiger partial charge is 0.337 e.